The number of phenols is 1. The van der Waals surface area contributed by atoms with Crippen molar-refractivity contribution in [2.45, 2.75) is 130 Å². The van der Waals surface area contributed by atoms with E-state index in [1.54, 1.807) is 37.4 Å². The first-order chi connectivity index (χ1) is 34.8. The van der Waals surface area contributed by atoms with Gasteiger partial charge in [0.15, 0.2) is 0 Å². The van der Waals surface area contributed by atoms with Gasteiger partial charge in [0, 0.05) is 74.9 Å². The van der Waals surface area contributed by atoms with Crippen molar-refractivity contribution in [1.82, 2.24) is 35.0 Å². The van der Waals surface area contributed by atoms with Gasteiger partial charge in [-0.25, -0.2) is 5.43 Å². The monoisotopic (exact) mass is 1000 g/mol. The summed E-state index contributed by atoms with van der Waals surface area (Å²) >= 11 is 0. The molecule has 6 bridgehead atoms. The fourth-order valence-electron chi connectivity index (χ4n) is 11.1. The van der Waals surface area contributed by atoms with Gasteiger partial charge < -0.3 is 34.3 Å². The molecule has 4 aliphatic rings. The number of carbonyl (C=O) groups is 5. The number of cyclic esters (lactones) is 1. The molecule has 0 saturated carbocycles. The van der Waals surface area contributed by atoms with Gasteiger partial charge in [0.25, 0.3) is 11.8 Å². The molecule has 0 unspecified atom stereocenters. The van der Waals surface area contributed by atoms with Crippen LogP contribution < -0.4 is 10.7 Å². The minimum Gasteiger partial charge on any atom is -0.508 e. The number of aliphatic imine (C=N–C) groups is 1. The number of aryl methyl sites for hydroxylation is 1. The van der Waals surface area contributed by atoms with Crippen LogP contribution in [-0.2, 0) is 52.8 Å². The van der Waals surface area contributed by atoms with Gasteiger partial charge in [-0.2, -0.15) is 0 Å². The number of allylic oxidation sites excluding steroid dienone is 2. The second-order valence-corrected chi connectivity index (χ2v) is 21.3. The number of hydrogen-bond donors (Lipinski definition) is 3. The number of likely N-dealkylation sites (tertiary alicyclic amines) is 2. The lowest BCUT2D eigenvalue weighted by Crippen LogP contribution is -2.62. The molecule has 392 valence electrons. The number of aromatic nitrogens is 1. The molecule has 3 fully saturated rings. The lowest BCUT2D eigenvalue weighted by atomic mass is 9.84. The number of nitrogens with zero attached hydrogens (tertiary/aromatic N) is 6. The Morgan fingerprint density at radius 1 is 1.07 bits per heavy atom. The largest absolute Gasteiger partial charge is 0.508 e. The number of hydrogen-bond acceptors (Lipinski definition) is 11. The van der Waals surface area contributed by atoms with Crippen LogP contribution in [0.5, 0.6) is 5.75 Å². The normalized spacial score (nSPS) is 22.8. The van der Waals surface area contributed by atoms with E-state index in [4.69, 9.17) is 14.5 Å². The van der Waals surface area contributed by atoms with Crippen molar-refractivity contribution in [2.24, 2.45) is 22.2 Å². The molecule has 4 amide bonds. The molecule has 0 radical (unpaired) electrons. The van der Waals surface area contributed by atoms with Crippen LogP contribution in [0.2, 0.25) is 0 Å². The number of fused-ring (bicyclic) bond motifs is 6. The van der Waals surface area contributed by atoms with Crippen LogP contribution in [0.15, 0.2) is 59.7 Å². The Hall–Kier alpha value is -6.28. The van der Waals surface area contributed by atoms with Gasteiger partial charge in [0.2, 0.25) is 11.8 Å². The summed E-state index contributed by atoms with van der Waals surface area (Å²) in [4.78, 5) is 80.9. The van der Waals surface area contributed by atoms with Crippen LogP contribution in [0.4, 0.5) is 0 Å². The first-order valence-corrected chi connectivity index (χ1v) is 26.0. The Morgan fingerprint density at radius 2 is 1.82 bits per heavy atom. The lowest BCUT2D eigenvalue weighted by Gasteiger charge is -2.37. The number of esters is 1. The molecule has 5 heterocycles. The van der Waals surface area contributed by atoms with Crippen molar-refractivity contribution in [3.8, 4) is 28.7 Å². The molecular formula is C57H76N8O8. The number of phenolic OH excluding ortho intramolecular Hbond substituents is 1. The van der Waals surface area contributed by atoms with Gasteiger partial charge in [0.1, 0.15) is 23.9 Å². The predicted octanol–water partition coefficient (Wildman–Crippen LogP) is 6.13. The van der Waals surface area contributed by atoms with E-state index in [1.165, 1.54) is 9.91 Å². The number of aromatic hydroxyl groups is 1. The molecule has 7 rings (SSSR count). The van der Waals surface area contributed by atoms with Gasteiger partial charge >= 0.3 is 5.97 Å². The van der Waals surface area contributed by atoms with E-state index in [1.807, 2.05) is 53.0 Å². The topological polar surface area (TPSA) is 178 Å². The molecule has 0 aliphatic carbocycles. The second-order valence-electron chi connectivity index (χ2n) is 21.3. The highest BCUT2D eigenvalue weighted by Gasteiger charge is 2.40. The summed E-state index contributed by atoms with van der Waals surface area (Å²) in [5.41, 5.74) is 9.10. The Labute approximate surface area is 431 Å². The van der Waals surface area contributed by atoms with Crippen LogP contribution in [-0.4, -0.2) is 149 Å². The molecule has 2 aromatic carbocycles. The van der Waals surface area contributed by atoms with Crippen molar-refractivity contribution in [1.29, 1.82) is 0 Å². The Kier molecular flexibility index (Phi) is 17.4. The summed E-state index contributed by atoms with van der Waals surface area (Å²) < 4.78 is 14.2. The molecule has 0 spiro atoms. The van der Waals surface area contributed by atoms with Crippen molar-refractivity contribution in [3.05, 3.63) is 71.6 Å². The highest BCUT2D eigenvalue weighted by Crippen LogP contribution is 2.41. The van der Waals surface area contributed by atoms with E-state index in [0.29, 0.717) is 49.9 Å². The van der Waals surface area contributed by atoms with Crippen molar-refractivity contribution >= 4 is 52.3 Å². The minimum absolute atomic E-state index is 0.0227. The summed E-state index contributed by atoms with van der Waals surface area (Å²) in [5.74, 6) is 2.89. The third-order valence-corrected chi connectivity index (χ3v) is 14.9. The van der Waals surface area contributed by atoms with E-state index in [0.717, 1.165) is 58.4 Å². The first kappa shape index (κ1) is 54.5. The zero-order valence-corrected chi connectivity index (χ0v) is 44.5. The molecule has 16 nitrogen and oxygen atoms in total. The molecule has 3 aromatic rings. The maximum atomic E-state index is 14.8. The summed E-state index contributed by atoms with van der Waals surface area (Å²) in [7, 11) is 5.25. The fourth-order valence-corrected chi connectivity index (χ4v) is 11.1. The van der Waals surface area contributed by atoms with Crippen molar-refractivity contribution in [3.63, 3.8) is 0 Å². The molecule has 3 N–H and O–H groups in total. The first-order valence-electron chi connectivity index (χ1n) is 26.0. The second kappa shape index (κ2) is 23.3. The van der Waals surface area contributed by atoms with Gasteiger partial charge in [0.05, 0.1) is 36.1 Å². The number of nitrogens with one attached hydrogen (secondary N) is 2. The Morgan fingerprint density at radius 3 is 2.49 bits per heavy atom. The fraction of sp³-hybridized carbons (Fsp3) is 0.544. The number of benzene rings is 2. The summed E-state index contributed by atoms with van der Waals surface area (Å²) in [5, 5.41) is 16.8. The summed E-state index contributed by atoms with van der Waals surface area (Å²) in [6.07, 6.45) is 7.01. The van der Waals surface area contributed by atoms with Crippen LogP contribution in [0, 0.1) is 29.1 Å². The number of amides is 4. The van der Waals surface area contributed by atoms with Gasteiger partial charge in [-0.1, -0.05) is 58.4 Å². The van der Waals surface area contributed by atoms with E-state index in [2.05, 4.69) is 71.5 Å². The molecule has 1 aromatic heterocycles. The van der Waals surface area contributed by atoms with Gasteiger partial charge in [-0.05, 0) is 131 Å². The smallest absolute Gasteiger partial charge is 0.324 e. The third kappa shape index (κ3) is 12.1. The Bertz CT molecular complexity index is 2730. The number of rotatable bonds is 11. The third-order valence-electron chi connectivity index (χ3n) is 14.9. The molecule has 3 saturated heterocycles. The van der Waals surface area contributed by atoms with E-state index >= 15 is 0 Å². The zero-order chi connectivity index (χ0) is 52.9. The summed E-state index contributed by atoms with van der Waals surface area (Å²) in [6, 6.07) is 8.43. The summed E-state index contributed by atoms with van der Waals surface area (Å²) in [6.45, 7) is 20.5. The van der Waals surface area contributed by atoms with Crippen LogP contribution >= 0.6 is 0 Å². The molecule has 73 heavy (non-hydrogen) atoms. The Balaban J connectivity index is 1.25. The highest BCUT2D eigenvalue weighted by molar-refractivity contribution is 5.97. The standard InChI is InChI=1S/C57H76N8O8/c1-12-43(50(58-13-2)36(6)72-11)52-45-32-57(7,8)34-73-56(71)46-18-16-25-65(60-46)55(70)47(29-37-27-40(30-42(66)28-37)38-19-21-48(44(45)31-38)64(52)14-3)59-53(68)51(35(4)5)62(10)54(69)39-23-26-63(33-39)49(67)22-20-41-17-15-24-61(41)9/h12-13,19,21,27-28,30-31,35-36,39,41,46-47,51,60,66H,1,14-18,23-26,29,32-34H2,2-11H3,(H,59,68)/b50-43+,58-13-/t36-,39-,41-,46-,47-,51-/m0/s1. The SMILES string of the molecule is C=C/C(=C(\N=C/C)[C@H](C)OC)c1c2c3cc(ccc3n1CC)-c1cc(O)cc(c1)C[C@H](NC(=O)[C@H](C(C)C)N(C)C(=O)[C@H]1CCN(C(=O)C#C[C@@H]3CCCN3C)C1)C(=O)N1CCC[C@H](N1)C(=O)OCC(C)(C)C2. The average Bonchev–Trinajstić information content (AvgIpc) is 4.11. The average molecular weight is 1000 g/mol. The van der Waals surface area contributed by atoms with Crippen LogP contribution in [0.3, 0.4) is 0 Å². The number of carbonyl (C=O) groups excluding carboxylic acids is 5. The number of methoxy groups -OCH3 is 1. The molecule has 16 heteroatoms. The van der Waals surface area contributed by atoms with Crippen molar-refractivity contribution in [2.75, 3.05) is 54.0 Å². The van der Waals surface area contributed by atoms with Crippen LogP contribution in [0.25, 0.3) is 27.6 Å². The lowest BCUT2D eigenvalue weighted by molar-refractivity contribution is -0.155. The van der Waals surface area contributed by atoms with E-state index in [-0.39, 0.29) is 61.7 Å². The maximum Gasteiger partial charge on any atom is 0.324 e. The molecule has 6 atom stereocenters. The molecule has 4 aliphatic heterocycles. The number of hydrazine groups is 1. The van der Waals surface area contributed by atoms with Gasteiger partial charge in [-0.3, -0.25) is 38.9 Å². The molecular weight excluding hydrogens is 925 g/mol. The number of ether oxygens (including phenoxy) is 2. The zero-order valence-electron chi connectivity index (χ0n) is 44.5. The number of likely N-dealkylation sites (N-methyl/N-ethyl adjacent to an activating group) is 1. The van der Waals surface area contributed by atoms with Crippen LogP contribution in [0.1, 0.15) is 97.4 Å². The van der Waals surface area contributed by atoms with E-state index < -0.39 is 47.2 Å². The van der Waals surface area contributed by atoms with Crippen molar-refractivity contribution < 1.29 is 38.6 Å². The van der Waals surface area contributed by atoms with Gasteiger partial charge in [-0.15, -0.1) is 0 Å². The predicted molar refractivity (Wildman–Crippen MR) is 284 cm³/mol. The quantitative estimate of drug-likeness (QED) is 0.0876. The maximum absolute atomic E-state index is 14.8. The highest BCUT2D eigenvalue weighted by atomic mass is 16.5. The minimum atomic E-state index is -1.18. The van der Waals surface area contributed by atoms with E-state index in [9.17, 15) is 29.1 Å².